The molecule has 0 amide bonds. The molecular weight excluding hydrogens is 635 g/mol. The second-order valence-corrected chi connectivity index (χ2v) is 13.9. The zero-order chi connectivity index (χ0) is 34.8. The maximum Gasteiger partial charge on any atom is 0.145 e. The summed E-state index contributed by atoms with van der Waals surface area (Å²) in [4.78, 5) is 13.0. The van der Waals surface area contributed by atoms with Gasteiger partial charge in [-0.3, -0.25) is 9.13 Å². The number of imidazole rings is 2. The van der Waals surface area contributed by atoms with E-state index in [-0.39, 0.29) is 5.41 Å². The molecule has 5 nitrogen and oxygen atoms in total. The SMILES string of the molecule is CC1(C)c2ccccc2N(c2ccc(-c3nc4cc5c(cc4n3-c3ccccc3)nc(-c3ccccc3)n5-c3ccccc3)cc2)c2ccccc21. The lowest BCUT2D eigenvalue weighted by Gasteiger charge is -2.42. The highest BCUT2D eigenvalue weighted by molar-refractivity contribution is 5.97. The first-order chi connectivity index (χ1) is 25.6. The van der Waals surface area contributed by atoms with E-state index in [1.54, 1.807) is 0 Å². The summed E-state index contributed by atoms with van der Waals surface area (Å²) >= 11 is 0. The molecule has 0 bridgehead atoms. The summed E-state index contributed by atoms with van der Waals surface area (Å²) in [7, 11) is 0. The van der Waals surface area contributed by atoms with Crippen LogP contribution < -0.4 is 4.90 Å². The minimum absolute atomic E-state index is 0.105. The number of benzene rings is 7. The van der Waals surface area contributed by atoms with Crippen molar-refractivity contribution < 1.29 is 0 Å². The molecule has 9 aromatic rings. The van der Waals surface area contributed by atoms with Crippen molar-refractivity contribution in [1.82, 2.24) is 19.1 Å². The lowest BCUT2D eigenvalue weighted by molar-refractivity contribution is 0.632. The molecule has 10 rings (SSSR count). The van der Waals surface area contributed by atoms with E-state index in [1.807, 2.05) is 12.1 Å². The molecule has 0 spiro atoms. The van der Waals surface area contributed by atoms with Gasteiger partial charge in [-0.2, -0.15) is 0 Å². The fourth-order valence-electron chi connectivity index (χ4n) is 8.01. The number of para-hydroxylation sites is 4. The minimum Gasteiger partial charge on any atom is -0.310 e. The molecule has 248 valence electrons. The molecule has 3 heterocycles. The quantitative estimate of drug-likeness (QED) is 0.183. The van der Waals surface area contributed by atoms with Crippen LogP contribution in [0.2, 0.25) is 0 Å². The van der Waals surface area contributed by atoms with Crippen LogP contribution in [0.25, 0.3) is 56.2 Å². The Kier molecular flexibility index (Phi) is 6.77. The number of hydrogen-bond donors (Lipinski definition) is 0. The van der Waals surface area contributed by atoms with E-state index in [0.717, 1.165) is 61.9 Å². The zero-order valence-electron chi connectivity index (χ0n) is 29.0. The van der Waals surface area contributed by atoms with E-state index >= 15 is 0 Å². The molecule has 0 atom stereocenters. The van der Waals surface area contributed by atoms with Crippen molar-refractivity contribution in [3.8, 4) is 34.2 Å². The lowest BCUT2D eigenvalue weighted by Crippen LogP contribution is -2.30. The molecule has 7 aromatic carbocycles. The summed E-state index contributed by atoms with van der Waals surface area (Å²) in [6.07, 6.45) is 0. The van der Waals surface area contributed by atoms with E-state index in [9.17, 15) is 0 Å². The Labute approximate surface area is 302 Å². The van der Waals surface area contributed by atoms with Gasteiger partial charge in [0.1, 0.15) is 11.6 Å². The normalized spacial score (nSPS) is 13.3. The van der Waals surface area contributed by atoms with Gasteiger partial charge in [-0.25, -0.2) is 9.97 Å². The standard InChI is InChI=1S/C47H35N5/c1-47(2)37-22-12-14-24-41(37)50(42-25-15-13-23-38(42)47)36-28-26-33(27-29-36)46-49-40-31-43-39(30-44(40)52(46)35-20-10-5-11-21-35)48-45(32-16-6-3-7-17-32)51(43)34-18-8-4-9-19-34/h3-31H,1-2H3. The van der Waals surface area contributed by atoms with Crippen LogP contribution in [-0.4, -0.2) is 19.1 Å². The van der Waals surface area contributed by atoms with Crippen LogP contribution in [0.4, 0.5) is 17.1 Å². The van der Waals surface area contributed by atoms with Crippen molar-refractivity contribution in [1.29, 1.82) is 0 Å². The van der Waals surface area contributed by atoms with Crippen LogP contribution >= 0.6 is 0 Å². The summed E-state index contributed by atoms with van der Waals surface area (Å²) in [6.45, 7) is 4.64. The van der Waals surface area contributed by atoms with Crippen molar-refractivity contribution in [2.45, 2.75) is 19.3 Å². The Morgan fingerprint density at radius 2 is 0.808 bits per heavy atom. The Morgan fingerprint density at radius 1 is 0.404 bits per heavy atom. The van der Waals surface area contributed by atoms with Gasteiger partial charge in [0.25, 0.3) is 0 Å². The molecule has 2 aromatic heterocycles. The third-order valence-electron chi connectivity index (χ3n) is 10.5. The molecule has 0 saturated heterocycles. The van der Waals surface area contributed by atoms with Crippen molar-refractivity contribution in [3.63, 3.8) is 0 Å². The third-order valence-corrected chi connectivity index (χ3v) is 10.5. The van der Waals surface area contributed by atoms with Crippen LogP contribution in [0.3, 0.4) is 0 Å². The second-order valence-electron chi connectivity index (χ2n) is 13.9. The highest BCUT2D eigenvalue weighted by Crippen LogP contribution is 2.51. The van der Waals surface area contributed by atoms with Crippen molar-refractivity contribution in [2.24, 2.45) is 0 Å². The predicted molar refractivity (Wildman–Crippen MR) is 213 cm³/mol. The van der Waals surface area contributed by atoms with Gasteiger partial charge < -0.3 is 4.90 Å². The molecule has 0 radical (unpaired) electrons. The summed E-state index contributed by atoms with van der Waals surface area (Å²) in [5, 5.41) is 0. The average Bonchev–Trinajstić information content (AvgIpc) is 3.76. The van der Waals surface area contributed by atoms with Crippen LogP contribution in [-0.2, 0) is 5.41 Å². The summed E-state index contributed by atoms with van der Waals surface area (Å²) in [5.74, 6) is 1.79. The highest BCUT2D eigenvalue weighted by Gasteiger charge is 2.36. The van der Waals surface area contributed by atoms with E-state index in [2.05, 4.69) is 192 Å². The van der Waals surface area contributed by atoms with Crippen LogP contribution in [0, 0.1) is 0 Å². The molecule has 0 fully saturated rings. The first-order valence-corrected chi connectivity index (χ1v) is 17.8. The van der Waals surface area contributed by atoms with Gasteiger partial charge >= 0.3 is 0 Å². The molecule has 1 aliphatic rings. The maximum absolute atomic E-state index is 5.37. The monoisotopic (exact) mass is 669 g/mol. The fraction of sp³-hybridized carbons (Fsp3) is 0.0638. The minimum atomic E-state index is -0.105. The topological polar surface area (TPSA) is 38.9 Å². The number of aromatic nitrogens is 4. The molecule has 0 N–H and O–H groups in total. The number of anilines is 3. The molecular formula is C47H35N5. The first-order valence-electron chi connectivity index (χ1n) is 17.8. The average molecular weight is 670 g/mol. The fourth-order valence-corrected chi connectivity index (χ4v) is 8.01. The van der Waals surface area contributed by atoms with Crippen molar-refractivity contribution in [2.75, 3.05) is 4.90 Å². The third kappa shape index (κ3) is 4.63. The Morgan fingerprint density at radius 3 is 1.29 bits per heavy atom. The smallest absolute Gasteiger partial charge is 0.145 e. The summed E-state index contributed by atoms with van der Waals surface area (Å²) < 4.78 is 4.51. The van der Waals surface area contributed by atoms with Crippen molar-refractivity contribution in [3.05, 3.63) is 187 Å². The van der Waals surface area contributed by atoms with Crippen LogP contribution in [0.1, 0.15) is 25.0 Å². The van der Waals surface area contributed by atoms with Gasteiger partial charge in [0.05, 0.1) is 33.4 Å². The second kappa shape index (κ2) is 11.7. The lowest BCUT2D eigenvalue weighted by atomic mass is 9.73. The number of rotatable bonds is 5. The first kappa shape index (κ1) is 30.1. The summed E-state index contributed by atoms with van der Waals surface area (Å²) in [5.41, 5.74) is 14.1. The van der Waals surface area contributed by atoms with Gasteiger partial charge in [0.2, 0.25) is 0 Å². The largest absolute Gasteiger partial charge is 0.310 e. The molecule has 0 unspecified atom stereocenters. The molecule has 5 heteroatoms. The van der Waals surface area contributed by atoms with Crippen molar-refractivity contribution >= 4 is 39.1 Å². The summed E-state index contributed by atoms with van der Waals surface area (Å²) in [6, 6.07) is 62.2. The number of hydrogen-bond acceptors (Lipinski definition) is 3. The van der Waals surface area contributed by atoms with E-state index in [0.29, 0.717) is 0 Å². The number of nitrogens with zero attached hydrogens (tertiary/aromatic N) is 5. The Hall–Kier alpha value is -6.72. The van der Waals surface area contributed by atoms with E-state index in [4.69, 9.17) is 9.97 Å². The van der Waals surface area contributed by atoms with Gasteiger partial charge in [-0.1, -0.05) is 117 Å². The van der Waals surface area contributed by atoms with Gasteiger partial charge in [-0.05, 0) is 83.9 Å². The van der Waals surface area contributed by atoms with E-state index < -0.39 is 0 Å². The molecule has 52 heavy (non-hydrogen) atoms. The van der Waals surface area contributed by atoms with E-state index in [1.165, 1.54) is 22.5 Å². The number of fused-ring (bicyclic) bond motifs is 4. The van der Waals surface area contributed by atoms with Crippen LogP contribution in [0.15, 0.2) is 176 Å². The molecule has 0 saturated carbocycles. The van der Waals surface area contributed by atoms with Crippen LogP contribution in [0.5, 0.6) is 0 Å². The highest BCUT2D eigenvalue weighted by atomic mass is 15.2. The van der Waals surface area contributed by atoms with Gasteiger partial charge in [0, 0.05) is 33.6 Å². The Balaban J connectivity index is 1.15. The van der Waals surface area contributed by atoms with Gasteiger partial charge in [0.15, 0.2) is 0 Å². The molecule has 1 aliphatic heterocycles. The maximum atomic E-state index is 5.37. The molecule has 0 aliphatic carbocycles. The predicted octanol–water partition coefficient (Wildman–Crippen LogP) is 11.8. The van der Waals surface area contributed by atoms with Gasteiger partial charge in [-0.15, -0.1) is 0 Å². The zero-order valence-corrected chi connectivity index (χ0v) is 29.0. The Bertz CT molecular complexity index is 2690.